The summed E-state index contributed by atoms with van der Waals surface area (Å²) in [6.07, 6.45) is -6.97. The SMILES string of the molecule is O=C(CC(=O)C(F)(F)C(F)(F)C(F)(F)C(F)F)c1ccccc1. The molecular weight excluding hydrogens is 340 g/mol. The molecule has 0 radical (unpaired) electrons. The van der Waals surface area contributed by atoms with E-state index in [0.717, 1.165) is 12.1 Å². The number of Topliss-reactive ketones (excluding diaryl/α,β-unsaturated/α-hetero) is 2. The summed E-state index contributed by atoms with van der Waals surface area (Å²) < 4.78 is 102. The van der Waals surface area contributed by atoms with E-state index < -0.39 is 42.2 Å². The van der Waals surface area contributed by atoms with Crippen LogP contribution in [0.3, 0.4) is 0 Å². The molecule has 0 saturated heterocycles. The molecule has 1 aromatic carbocycles. The van der Waals surface area contributed by atoms with Gasteiger partial charge in [0.05, 0.1) is 6.42 Å². The monoisotopic (exact) mass is 348 g/mol. The van der Waals surface area contributed by atoms with E-state index in [1.807, 2.05) is 0 Å². The highest BCUT2D eigenvalue weighted by atomic mass is 19.4. The van der Waals surface area contributed by atoms with Crippen molar-refractivity contribution in [1.29, 1.82) is 0 Å². The Morgan fingerprint density at radius 1 is 0.913 bits per heavy atom. The van der Waals surface area contributed by atoms with Crippen LogP contribution in [-0.4, -0.2) is 35.8 Å². The van der Waals surface area contributed by atoms with Crippen molar-refractivity contribution in [2.24, 2.45) is 0 Å². The van der Waals surface area contributed by atoms with Crippen LogP contribution in [0.15, 0.2) is 30.3 Å². The first-order valence-electron chi connectivity index (χ1n) is 5.89. The predicted molar refractivity (Wildman–Crippen MR) is 61.2 cm³/mol. The largest absolute Gasteiger partial charge is 0.385 e. The smallest absolute Gasteiger partial charge is 0.294 e. The van der Waals surface area contributed by atoms with Crippen molar-refractivity contribution < 1.29 is 44.7 Å². The quantitative estimate of drug-likeness (QED) is 0.424. The third kappa shape index (κ3) is 3.35. The minimum atomic E-state index is -6.65. The van der Waals surface area contributed by atoms with Crippen molar-refractivity contribution in [3.63, 3.8) is 0 Å². The van der Waals surface area contributed by atoms with Crippen LogP contribution in [0.1, 0.15) is 16.8 Å². The molecule has 0 aromatic heterocycles. The topological polar surface area (TPSA) is 34.1 Å². The van der Waals surface area contributed by atoms with E-state index in [9.17, 15) is 44.7 Å². The van der Waals surface area contributed by atoms with Gasteiger partial charge < -0.3 is 0 Å². The summed E-state index contributed by atoms with van der Waals surface area (Å²) in [6, 6.07) is 6.11. The Morgan fingerprint density at radius 2 is 1.39 bits per heavy atom. The van der Waals surface area contributed by atoms with Gasteiger partial charge in [-0.15, -0.1) is 0 Å². The molecule has 0 unspecified atom stereocenters. The third-order valence-electron chi connectivity index (χ3n) is 2.85. The van der Waals surface area contributed by atoms with E-state index in [4.69, 9.17) is 0 Å². The van der Waals surface area contributed by atoms with E-state index in [1.165, 1.54) is 18.2 Å². The second kappa shape index (κ2) is 6.25. The fourth-order valence-corrected chi connectivity index (χ4v) is 1.50. The minimum Gasteiger partial charge on any atom is -0.294 e. The van der Waals surface area contributed by atoms with Crippen LogP contribution < -0.4 is 0 Å². The van der Waals surface area contributed by atoms with E-state index in [-0.39, 0.29) is 5.56 Å². The maximum atomic E-state index is 13.3. The second-order valence-corrected chi connectivity index (χ2v) is 4.46. The number of hydrogen-bond acceptors (Lipinski definition) is 2. The van der Waals surface area contributed by atoms with Gasteiger partial charge in [0, 0.05) is 5.56 Å². The van der Waals surface area contributed by atoms with E-state index in [2.05, 4.69) is 0 Å². The fraction of sp³-hybridized carbons (Fsp3) is 0.385. The third-order valence-corrected chi connectivity index (χ3v) is 2.85. The van der Waals surface area contributed by atoms with Crippen LogP contribution in [0.2, 0.25) is 0 Å². The normalized spacial score (nSPS) is 13.3. The van der Waals surface area contributed by atoms with Crippen molar-refractivity contribution in [1.82, 2.24) is 0 Å². The number of carbonyl (C=O) groups excluding carboxylic acids is 2. The van der Waals surface area contributed by atoms with Crippen molar-refractivity contribution in [3.8, 4) is 0 Å². The highest BCUT2D eigenvalue weighted by molar-refractivity contribution is 6.10. The molecule has 1 rings (SSSR count). The summed E-state index contributed by atoms with van der Waals surface area (Å²) in [6.45, 7) is 0. The van der Waals surface area contributed by atoms with Crippen LogP contribution in [0, 0.1) is 0 Å². The first kappa shape index (κ1) is 19.0. The van der Waals surface area contributed by atoms with Gasteiger partial charge in [-0.1, -0.05) is 30.3 Å². The molecule has 0 aliphatic heterocycles. The van der Waals surface area contributed by atoms with Crippen molar-refractivity contribution >= 4 is 11.6 Å². The fourth-order valence-electron chi connectivity index (χ4n) is 1.50. The van der Waals surface area contributed by atoms with Crippen LogP contribution >= 0.6 is 0 Å². The molecule has 0 heterocycles. The maximum Gasteiger partial charge on any atom is 0.385 e. The second-order valence-electron chi connectivity index (χ2n) is 4.46. The number of carbonyl (C=O) groups is 2. The minimum absolute atomic E-state index is 0.305. The first-order chi connectivity index (χ1) is 10.4. The van der Waals surface area contributed by atoms with Gasteiger partial charge in [-0.2, -0.15) is 26.3 Å². The zero-order chi connectivity index (χ0) is 18.1. The maximum absolute atomic E-state index is 13.3. The van der Waals surface area contributed by atoms with Gasteiger partial charge in [0.25, 0.3) is 0 Å². The number of alkyl halides is 8. The van der Waals surface area contributed by atoms with E-state index >= 15 is 0 Å². The number of halogens is 8. The average Bonchev–Trinajstić information content (AvgIpc) is 2.47. The summed E-state index contributed by atoms with van der Waals surface area (Å²) in [4.78, 5) is 22.6. The van der Waals surface area contributed by atoms with E-state index in [0.29, 0.717) is 0 Å². The highest BCUT2D eigenvalue weighted by Gasteiger charge is 2.77. The Hall–Kier alpha value is -2.00. The summed E-state index contributed by atoms with van der Waals surface area (Å²) in [5.41, 5.74) is -0.305. The lowest BCUT2D eigenvalue weighted by Crippen LogP contribution is -2.60. The number of ketones is 2. The molecule has 23 heavy (non-hydrogen) atoms. The van der Waals surface area contributed by atoms with Gasteiger partial charge in [-0.05, 0) is 0 Å². The molecule has 0 amide bonds. The Kier molecular flexibility index (Phi) is 5.17. The molecule has 10 heteroatoms. The summed E-state index contributed by atoms with van der Waals surface area (Å²) in [7, 11) is 0. The standard InChI is InChI=1S/C13H8F8O2/c14-10(15)12(18,19)13(20,21)11(16,17)9(23)6-8(22)7-4-2-1-3-5-7/h1-5,10H,6H2. The zero-order valence-electron chi connectivity index (χ0n) is 11.0. The molecule has 0 bridgehead atoms. The molecule has 0 aliphatic rings. The number of rotatable bonds is 7. The Labute approximate surface area is 124 Å². The van der Waals surface area contributed by atoms with Crippen LogP contribution in [0.25, 0.3) is 0 Å². The highest BCUT2D eigenvalue weighted by Crippen LogP contribution is 2.49. The molecule has 0 saturated carbocycles. The lowest BCUT2D eigenvalue weighted by molar-refractivity contribution is -0.327. The van der Waals surface area contributed by atoms with Crippen molar-refractivity contribution in [2.45, 2.75) is 30.6 Å². The van der Waals surface area contributed by atoms with Gasteiger partial charge in [-0.25, -0.2) is 8.78 Å². The van der Waals surface area contributed by atoms with Crippen LogP contribution in [-0.2, 0) is 4.79 Å². The molecular formula is C13H8F8O2. The first-order valence-corrected chi connectivity index (χ1v) is 5.89. The van der Waals surface area contributed by atoms with Gasteiger partial charge >= 0.3 is 24.2 Å². The Bertz CT molecular complexity index is 583. The van der Waals surface area contributed by atoms with Gasteiger partial charge in [-0.3, -0.25) is 9.59 Å². The molecule has 0 N–H and O–H groups in total. The zero-order valence-corrected chi connectivity index (χ0v) is 11.0. The molecule has 0 aliphatic carbocycles. The number of hydrogen-bond donors (Lipinski definition) is 0. The van der Waals surface area contributed by atoms with Gasteiger partial charge in [0.2, 0.25) is 5.78 Å². The molecule has 1 aromatic rings. The molecule has 2 nitrogen and oxygen atoms in total. The number of benzene rings is 1. The Balaban J connectivity index is 3.03. The van der Waals surface area contributed by atoms with E-state index in [1.54, 1.807) is 0 Å². The Morgan fingerprint density at radius 3 is 1.83 bits per heavy atom. The lowest BCUT2D eigenvalue weighted by Gasteiger charge is -2.31. The molecule has 0 fully saturated rings. The van der Waals surface area contributed by atoms with Gasteiger partial charge in [0.1, 0.15) is 0 Å². The van der Waals surface area contributed by atoms with Crippen LogP contribution in [0.4, 0.5) is 35.1 Å². The molecule has 0 atom stereocenters. The average molecular weight is 348 g/mol. The lowest BCUT2D eigenvalue weighted by atomic mass is 9.96. The molecule has 0 spiro atoms. The van der Waals surface area contributed by atoms with Crippen molar-refractivity contribution in [3.05, 3.63) is 35.9 Å². The summed E-state index contributed by atoms with van der Waals surface area (Å²) in [5.74, 6) is -23.5. The van der Waals surface area contributed by atoms with Crippen LogP contribution in [0.5, 0.6) is 0 Å². The summed E-state index contributed by atoms with van der Waals surface area (Å²) in [5, 5.41) is 0. The van der Waals surface area contributed by atoms with Gasteiger partial charge in [0.15, 0.2) is 5.78 Å². The summed E-state index contributed by atoms with van der Waals surface area (Å²) >= 11 is 0. The molecule has 128 valence electrons. The van der Waals surface area contributed by atoms with Crippen molar-refractivity contribution in [2.75, 3.05) is 0 Å². The predicted octanol–water partition coefficient (Wildman–Crippen LogP) is 4.00.